The van der Waals surface area contributed by atoms with Crippen LogP contribution < -0.4 is 20.1 Å². The monoisotopic (exact) mass is 450 g/mol. The van der Waals surface area contributed by atoms with Crippen LogP contribution in [0.25, 0.3) is 0 Å². The minimum atomic E-state index is 0.181. The lowest BCUT2D eigenvalue weighted by atomic mass is 10.1. The van der Waals surface area contributed by atoms with Crippen LogP contribution in [0, 0.1) is 6.92 Å². The van der Waals surface area contributed by atoms with Crippen molar-refractivity contribution in [1.29, 1.82) is 0 Å². The van der Waals surface area contributed by atoms with Gasteiger partial charge in [0.15, 0.2) is 11.5 Å². The molecule has 6 heteroatoms. The molecule has 0 saturated heterocycles. The Balaban J connectivity index is 1.93. The maximum absolute atomic E-state index is 8.74. The lowest BCUT2D eigenvalue weighted by Gasteiger charge is -2.16. The Morgan fingerprint density at radius 3 is 2.43 bits per heavy atom. The average molecular weight is 451 g/mol. The zero-order valence-electron chi connectivity index (χ0n) is 16.8. The fourth-order valence-electron chi connectivity index (χ4n) is 2.74. The fourth-order valence-corrected chi connectivity index (χ4v) is 3.35. The van der Waals surface area contributed by atoms with E-state index in [4.69, 9.17) is 14.6 Å². The van der Waals surface area contributed by atoms with Crippen molar-refractivity contribution in [3.8, 4) is 11.5 Å². The average Bonchev–Trinajstić information content (AvgIpc) is 2.68. The van der Waals surface area contributed by atoms with Crippen molar-refractivity contribution in [2.45, 2.75) is 33.4 Å². The van der Waals surface area contributed by atoms with Gasteiger partial charge in [0, 0.05) is 13.1 Å². The molecule has 3 N–H and O–H groups in total. The Bertz CT molecular complexity index is 708. The Hall–Kier alpha value is -1.60. The van der Waals surface area contributed by atoms with Crippen LogP contribution in [0.5, 0.6) is 11.5 Å². The molecule has 154 valence electrons. The highest BCUT2D eigenvalue weighted by Crippen LogP contribution is 2.37. The SMILES string of the molecule is CCOc1cc(CNCCCNCCO)cc(Br)c1OCc1ccc(C)cc1. The predicted molar refractivity (Wildman–Crippen MR) is 117 cm³/mol. The van der Waals surface area contributed by atoms with Gasteiger partial charge in [-0.25, -0.2) is 0 Å². The number of hydrogen-bond acceptors (Lipinski definition) is 5. The molecule has 28 heavy (non-hydrogen) atoms. The number of aryl methyl sites for hydroxylation is 1. The van der Waals surface area contributed by atoms with Gasteiger partial charge in [0.2, 0.25) is 0 Å². The summed E-state index contributed by atoms with van der Waals surface area (Å²) in [6.07, 6.45) is 1.01. The molecule has 0 aliphatic carbocycles. The van der Waals surface area contributed by atoms with Gasteiger partial charge in [-0.05, 0) is 72.5 Å². The summed E-state index contributed by atoms with van der Waals surface area (Å²) in [6.45, 7) is 8.53. The molecule has 2 rings (SSSR count). The highest BCUT2D eigenvalue weighted by Gasteiger charge is 2.12. The van der Waals surface area contributed by atoms with Gasteiger partial charge in [-0.2, -0.15) is 0 Å². The van der Waals surface area contributed by atoms with Crippen molar-refractivity contribution in [3.05, 3.63) is 57.6 Å². The van der Waals surface area contributed by atoms with Crippen molar-refractivity contribution < 1.29 is 14.6 Å². The number of aliphatic hydroxyl groups is 1. The van der Waals surface area contributed by atoms with Crippen LogP contribution in [-0.4, -0.2) is 38.0 Å². The summed E-state index contributed by atoms with van der Waals surface area (Å²) in [5.41, 5.74) is 3.50. The molecule has 0 fully saturated rings. The van der Waals surface area contributed by atoms with Crippen molar-refractivity contribution in [3.63, 3.8) is 0 Å². The highest BCUT2D eigenvalue weighted by molar-refractivity contribution is 9.10. The van der Waals surface area contributed by atoms with Gasteiger partial charge in [0.05, 0.1) is 17.7 Å². The Morgan fingerprint density at radius 1 is 0.964 bits per heavy atom. The summed E-state index contributed by atoms with van der Waals surface area (Å²) < 4.78 is 12.8. The minimum absolute atomic E-state index is 0.181. The van der Waals surface area contributed by atoms with Gasteiger partial charge < -0.3 is 25.2 Å². The van der Waals surface area contributed by atoms with Crippen LogP contribution in [0.4, 0.5) is 0 Å². The van der Waals surface area contributed by atoms with E-state index in [1.54, 1.807) is 0 Å². The quantitative estimate of drug-likeness (QED) is 0.405. The summed E-state index contributed by atoms with van der Waals surface area (Å²) in [6, 6.07) is 12.4. The van der Waals surface area contributed by atoms with E-state index in [0.717, 1.165) is 53.2 Å². The van der Waals surface area contributed by atoms with E-state index >= 15 is 0 Å². The van der Waals surface area contributed by atoms with Gasteiger partial charge in [-0.1, -0.05) is 29.8 Å². The summed E-state index contributed by atoms with van der Waals surface area (Å²) in [5.74, 6) is 1.49. The molecule has 0 aliphatic rings. The van der Waals surface area contributed by atoms with Crippen LogP contribution >= 0.6 is 15.9 Å². The molecule has 0 unspecified atom stereocenters. The smallest absolute Gasteiger partial charge is 0.175 e. The topological polar surface area (TPSA) is 62.8 Å². The molecule has 0 aromatic heterocycles. The zero-order chi connectivity index (χ0) is 20.2. The fraction of sp³-hybridized carbons (Fsp3) is 0.455. The molecule has 0 spiro atoms. The van der Waals surface area contributed by atoms with Gasteiger partial charge in [-0.3, -0.25) is 0 Å². The maximum Gasteiger partial charge on any atom is 0.175 e. The summed E-state index contributed by atoms with van der Waals surface area (Å²) in [5, 5.41) is 15.4. The molecule has 0 heterocycles. The van der Waals surface area contributed by atoms with Crippen LogP contribution in [0.1, 0.15) is 30.0 Å². The molecule has 0 radical (unpaired) electrons. The molecule has 2 aromatic rings. The van der Waals surface area contributed by atoms with Crippen molar-refractivity contribution >= 4 is 15.9 Å². The van der Waals surface area contributed by atoms with Crippen LogP contribution in [0.15, 0.2) is 40.9 Å². The van der Waals surface area contributed by atoms with E-state index < -0.39 is 0 Å². The Morgan fingerprint density at radius 2 is 1.71 bits per heavy atom. The largest absolute Gasteiger partial charge is 0.490 e. The third kappa shape index (κ3) is 7.80. The second kappa shape index (κ2) is 12.8. The third-order valence-corrected chi connectivity index (χ3v) is 4.79. The van der Waals surface area contributed by atoms with Gasteiger partial charge in [0.1, 0.15) is 6.61 Å². The first-order valence-corrected chi connectivity index (χ1v) is 10.6. The lowest BCUT2D eigenvalue weighted by Crippen LogP contribution is -2.23. The Kier molecular flexibility index (Phi) is 10.4. The second-order valence-electron chi connectivity index (χ2n) is 6.62. The van der Waals surface area contributed by atoms with Crippen LogP contribution in [-0.2, 0) is 13.2 Å². The number of aliphatic hydroxyl groups excluding tert-OH is 1. The number of nitrogens with one attached hydrogen (secondary N) is 2. The van der Waals surface area contributed by atoms with E-state index in [-0.39, 0.29) is 6.61 Å². The first-order chi connectivity index (χ1) is 13.6. The van der Waals surface area contributed by atoms with E-state index in [9.17, 15) is 0 Å². The standard InChI is InChI=1S/C22H31BrN2O3/c1-3-27-21-14-19(15-25-10-4-9-24-11-12-26)13-20(23)22(21)28-16-18-7-5-17(2)6-8-18/h5-8,13-14,24-26H,3-4,9-12,15-16H2,1-2H3. The van der Waals surface area contributed by atoms with Crippen LogP contribution in [0.2, 0.25) is 0 Å². The Labute approximate surface area is 176 Å². The van der Waals surface area contributed by atoms with Crippen LogP contribution in [0.3, 0.4) is 0 Å². The van der Waals surface area contributed by atoms with Crippen molar-refractivity contribution in [1.82, 2.24) is 10.6 Å². The van der Waals surface area contributed by atoms with E-state index in [0.29, 0.717) is 19.8 Å². The molecule has 0 aliphatic heterocycles. The van der Waals surface area contributed by atoms with E-state index in [1.807, 2.05) is 13.0 Å². The number of halogens is 1. The lowest BCUT2D eigenvalue weighted by molar-refractivity contribution is 0.267. The number of benzene rings is 2. The third-order valence-electron chi connectivity index (χ3n) is 4.20. The van der Waals surface area contributed by atoms with Gasteiger partial charge >= 0.3 is 0 Å². The number of rotatable bonds is 13. The van der Waals surface area contributed by atoms with E-state index in [2.05, 4.69) is 63.8 Å². The molecular weight excluding hydrogens is 420 g/mol. The maximum atomic E-state index is 8.74. The predicted octanol–water partition coefficient (Wildman–Crippen LogP) is 3.80. The molecule has 0 amide bonds. The molecular formula is C22H31BrN2O3. The summed E-state index contributed by atoms with van der Waals surface area (Å²) >= 11 is 3.64. The summed E-state index contributed by atoms with van der Waals surface area (Å²) in [7, 11) is 0. The van der Waals surface area contributed by atoms with Crippen molar-refractivity contribution in [2.24, 2.45) is 0 Å². The number of hydrogen-bond donors (Lipinski definition) is 3. The first kappa shape index (κ1) is 22.7. The van der Waals surface area contributed by atoms with E-state index in [1.165, 1.54) is 5.56 Å². The molecule has 0 saturated carbocycles. The summed E-state index contributed by atoms with van der Waals surface area (Å²) in [4.78, 5) is 0. The van der Waals surface area contributed by atoms with Crippen molar-refractivity contribution in [2.75, 3.05) is 32.8 Å². The van der Waals surface area contributed by atoms with Gasteiger partial charge in [-0.15, -0.1) is 0 Å². The molecule has 2 aromatic carbocycles. The second-order valence-corrected chi connectivity index (χ2v) is 7.47. The molecule has 0 bridgehead atoms. The molecule has 5 nitrogen and oxygen atoms in total. The number of ether oxygens (including phenoxy) is 2. The zero-order valence-corrected chi connectivity index (χ0v) is 18.3. The highest BCUT2D eigenvalue weighted by atomic mass is 79.9. The van der Waals surface area contributed by atoms with Gasteiger partial charge in [0.25, 0.3) is 0 Å². The first-order valence-electron chi connectivity index (χ1n) is 9.80. The normalized spacial score (nSPS) is 10.9. The minimum Gasteiger partial charge on any atom is -0.490 e. The molecule has 0 atom stereocenters.